The van der Waals surface area contributed by atoms with Crippen molar-refractivity contribution < 1.29 is 32.2 Å². The number of nitrogens with one attached hydrogen (secondary N) is 1. The molecule has 0 aliphatic heterocycles. The highest BCUT2D eigenvalue weighted by Crippen LogP contribution is 2.36. The molecule has 1 N–H and O–H groups in total. The summed E-state index contributed by atoms with van der Waals surface area (Å²) in [5.41, 5.74) is 1.27. The number of aromatic nitrogens is 2. The molecule has 32 heavy (non-hydrogen) atoms. The van der Waals surface area contributed by atoms with Gasteiger partial charge in [0, 0.05) is 12.6 Å². The lowest BCUT2D eigenvalue weighted by Crippen LogP contribution is -2.20. The number of hydrogen-bond acceptors (Lipinski definition) is 5. The predicted molar refractivity (Wildman–Crippen MR) is 112 cm³/mol. The number of pyridine rings is 1. The Morgan fingerprint density at radius 2 is 1.84 bits per heavy atom. The molecule has 0 aliphatic rings. The van der Waals surface area contributed by atoms with Crippen LogP contribution in [0.1, 0.15) is 40.4 Å². The molecule has 0 saturated carbocycles. The standard InChI is InChI=1S/C22H22F3N3O4/c1-4-15-16(27-20(29)13-9-7-6-8-10-13)11-14-18(32-12-22(23,24)25)17(21(30)31-5-2)28(3)19(14)26-15/h6-11H,4-5,12H2,1-3H3,(H,27,29). The Hall–Kier alpha value is -3.56. The average molecular weight is 449 g/mol. The van der Waals surface area contributed by atoms with Crippen LogP contribution < -0.4 is 10.1 Å². The van der Waals surface area contributed by atoms with Crippen LogP contribution in [0.5, 0.6) is 5.75 Å². The Morgan fingerprint density at radius 3 is 2.44 bits per heavy atom. The number of rotatable bonds is 7. The van der Waals surface area contributed by atoms with Crippen LogP contribution in [0, 0.1) is 0 Å². The number of esters is 1. The second kappa shape index (κ2) is 9.29. The SMILES string of the molecule is CCOC(=O)c1c(OCC(F)(F)F)c2cc(NC(=O)c3ccccc3)c(CC)nc2n1C. The predicted octanol–water partition coefficient (Wildman–Crippen LogP) is 4.51. The minimum Gasteiger partial charge on any atom is -0.481 e. The van der Waals surface area contributed by atoms with Crippen molar-refractivity contribution in [3.8, 4) is 5.75 Å². The second-order valence-electron chi connectivity index (χ2n) is 6.89. The molecule has 170 valence electrons. The summed E-state index contributed by atoms with van der Waals surface area (Å²) >= 11 is 0. The zero-order chi connectivity index (χ0) is 23.5. The highest BCUT2D eigenvalue weighted by Gasteiger charge is 2.32. The summed E-state index contributed by atoms with van der Waals surface area (Å²) in [6.45, 7) is 1.84. The van der Waals surface area contributed by atoms with Crippen molar-refractivity contribution in [2.75, 3.05) is 18.5 Å². The van der Waals surface area contributed by atoms with Gasteiger partial charge in [-0.05, 0) is 31.5 Å². The van der Waals surface area contributed by atoms with Gasteiger partial charge in [-0.3, -0.25) is 4.79 Å². The third-order valence-corrected chi connectivity index (χ3v) is 4.66. The van der Waals surface area contributed by atoms with E-state index in [9.17, 15) is 22.8 Å². The lowest BCUT2D eigenvalue weighted by molar-refractivity contribution is -0.153. The Bertz CT molecular complexity index is 1140. The van der Waals surface area contributed by atoms with Crippen LogP contribution in [0.15, 0.2) is 36.4 Å². The Morgan fingerprint density at radius 1 is 1.16 bits per heavy atom. The first-order chi connectivity index (χ1) is 15.2. The summed E-state index contributed by atoms with van der Waals surface area (Å²) in [6.07, 6.45) is -4.19. The number of nitrogens with zero attached hydrogens (tertiary/aromatic N) is 2. The monoisotopic (exact) mass is 449 g/mol. The molecular formula is C22H22F3N3O4. The molecule has 0 atom stereocenters. The van der Waals surface area contributed by atoms with Gasteiger partial charge >= 0.3 is 12.1 Å². The minimum atomic E-state index is -4.62. The molecule has 0 spiro atoms. The summed E-state index contributed by atoms with van der Waals surface area (Å²) in [7, 11) is 1.49. The maximum atomic E-state index is 12.9. The molecule has 3 aromatic rings. The van der Waals surface area contributed by atoms with Gasteiger partial charge in [0.25, 0.3) is 5.91 Å². The number of hydrogen-bond donors (Lipinski definition) is 1. The van der Waals surface area contributed by atoms with Crippen molar-refractivity contribution >= 4 is 28.6 Å². The fourth-order valence-corrected chi connectivity index (χ4v) is 3.24. The van der Waals surface area contributed by atoms with E-state index in [1.54, 1.807) is 37.3 Å². The Labute approximate surface area is 182 Å². The lowest BCUT2D eigenvalue weighted by atomic mass is 10.1. The number of amides is 1. The molecule has 1 aromatic carbocycles. The van der Waals surface area contributed by atoms with E-state index in [-0.39, 0.29) is 29.1 Å². The van der Waals surface area contributed by atoms with Gasteiger partial charge < -0.3 is 19.4 Å². The zero-order valence-electron chi connectivity index (χ0n) is 17.7. The van der Waals surface area contributed by atoms with E-state index in [0.29, 0.717) is 23.4 Å². The number of carbonyl (C=O) groups is 2. The van der Waals surface area contributed by atoms with Crippen molar-refractivity contribution in [1.29, 1.82) is 0 Å². The van der Waals surface area contributed by atoms with Gasteiger partial charge in [-0.25, -0.2) is 9.78 Å². The van der Waals surface area contributed by atoms with E-state index in [1.807, 2.05) is 6.92 Å². The fraction of sp³-hybridized carbons (Fsp3) is 0.318. The number of anilines is 1. The molecule has 0 fully saturated rings. The first kappa shape index (κ1) is 23.1. The third kappa shape index (κ3) is 4.84. The summed E-state index contributed by atoms with van der Waals surface area (Å²) in [5.74, 6) is -1.54. The first-order valence-electron chi connectivity index (χ1n) is 9.91. The van der Waals surface area contributed by atoms with Crippen molar-refractivity contribution in [2.24, 2.45) is 7.05 Å². The average Bonchev–Trinajstić information content (AvgIpc) is 3.02. The van der Waals surface area contributed by atoms with Crippen LogP contribution in [0.25, 0.3) is 11.0 Å². The molecule has 7 nitrogen and oxygen atoms in total. The maximum absolute atomic E-state index is 12.9. The van der Waals surface area contributed by atoms with Gasteiger partial charge in [0.05, 0.1) is 23.4 Å². The Balaban J connectivity index is 2.14. The van der Waals surface area contributed by atoms with Gasteiger partial charge in [0.15, 0.2) is 18.1 Å². The van der Waals surface area contributed by atoms with Crippen LogP contribution in [0.2, 0.25) is 0 Å². The molecule has 2 heterocycles. The van der Waals surface area contributed by atoms with Gasteiger partial charge in [-0.1, -0.05) is 25.1 Å². The molecule has 0 aliphatic carbocycles. The molecule has 0 bridgehead atoms. The van der Waals surface area contributed by atoms with E-state index in [1.165, 1.54) is 17.7 Å². The highest BCUT2D eigenvalue weighted by molar-refractivity contribution is 6.06. The van der Waals surface area contributed by atoms with E-state index in [0.717, 1.165) is 0 Å². The van der Waals surface area contributed by atoms with Crippen molar-refractivity contribution in [3.05, 3.63) is 53.3 Å². The van der Waals surface area contributed by atoms with Crippen molar-refractivity contribution in [1.82, 2.24) is 9.55 Å². The number of carbonyl (C=O) groups excluding carboxylic acids is 2. The maximum Gasteiger partial charge on any atom is 0.422 e. The molecule has 0 unspecified atom stereocenters. The molecule has 3 rings (SSSR count). The topological polar surface area (TPSA) is 82.4 Å². The number of aryl methyl sites for hydroxylation is 2. The molecule has 10 heteroatoms. The second-order valence-corrected chi connectivity index (χ2v) is 6.89. The third-order valence-electron chi connectivity index (χ3n) is 4.66. The van der Waals surface area contributed by atoms with Crippen molar-refractivity contribution in [2.45, 2.75) is 26.4 Å². The van der Waals surface area contributed by atoms with E-state index in [4.69, 9.17) is 9.47 Å². The zero-order valence-corrected chi connectivity index (χ0v) is 17.7. The summed E-state index contributed by atoms with van der Waals surface area (Å²) in [5, 5.41) is 2.90. The van der Waals surface area contributed by atoms with Gasteiger partial charge in [0.2, 0.25) is 0 Å². The normalized spacial score (nSPS) is 11.4. The van der Waals surface area contributed by atoms with Crippen LogP contribution in [-0.4, -0.2) is 40.8 Å². The van der Waals surface area contributed by atoms with E-state index >= 15 is 0 Å². The van der Waals surface area contributed by atoms with Crippen LogP contribution in [0.4, 0.5) is 18.9 Å². The Kier molecular flexibility index (Phi) is 6.71. The molecule has 2 aromatic heterocycles. The van der Waals surface area contributed by atoms with Gasteiger partial charge in [0.1, 0.15) is 5.65 Å². The molecular weight excluding hydrogens is 427 g/mol. The quantitative estimate of drug-likeness (QED) is 0.537. The van der Waals surface area contributed by atoms with Crippen molar-refractivity contribution in [3.63, 3.8) is 0 Å². The van der Waals surface area contributed by atoms with Crippen LogP contribution in [-0.2, 0) is 18.2 Å². The number of ether oxygens (including phenoxy) is 2. The van der Waals surface area contributed by atoms with Gasteiger partial charge in [-0.2, -0.15) is 13.2 Å². The molecule has 0 radical (unpaired) electrons. The summed E-state index contributed by atoms with van der Waals surface area (Å²) in [4.78, 5) is 29.6. The lowest BCUT2D eigenvalue weighted by Gasteiger charge is -2.12. The largest absolute Gasteiger partial charge is 0.481 e. The number of alkyl halides is 3. The highest BCUT2D eigenvalue weighted by atomic mass is 19.4. The number of benzene rings is 1. The summed E-state index contributed by atoms with van der Waals surface area (Å²) < 4.78 is 50.0. The number of halogens is 3. The smallest absolute Gasteiger partial charge is 0.422 e. The first-order valence-corrected chi connectivity index (χ1v) is 9.91. The minimum absolute atomic E-state index is 0.0328. The summed E-state index contributed by atoms with van der Waals surface area (Å²) in [6, 6.07) is 9.92. The molecule has 0 saturated heterocycles. The van der Waals surface area contributed by atoms with Gasteiger partial charge in [-0.15, -0.1) is 0 Å². The van der Waals surface area contributed by atoms with E-state index in [2.05, 4.69) is 10.3 Å². The fourth-order valence-electron chi connectivity index (χ4n) is 3.24. The number of fused-ring (bicyclic) bond motifs is 1. The van der Waals surface area contributed by atoms with E-state index < -0.39 is 24.7 Å². The molecule has 1 amide bonds. The van der Waals surface area contributed by atoms with Crippen LogP contribution >= 0.6 is 0 Å². The van der Waals surface area contributed by atoms with Crippen LogP contribution in [0.3, 0.4) is 0 Å².